The molecule has 0 radical (unpaired) electrons. The topological polar surface area (TPSA) is 92.4 Å². The Kier molecular flexibility index (Phi) is 4.56. The molecule has 3 N–H and O–H groups in total. The highest BCUT2D eigenvalue weighted by Gasteiger charge is 2.28. The van der Waals surface area contributed by atoms with Gasteiger partial charge in [-0.3, -0.25) is 5.43 Å². The number of nitrogens with one attached hydrogen (secondary N) is 1. The van der Waals surface area contributed by atoms with E-state index < -0.39 is 0 Å². The zero-order chi connectivity index (χ0) is 14.7. The summed E-state index contributed by atoms with van der Waals surface area (Å²) in [5.41, 5.74) is 2.49. The van der Waals surface area contributed by atoms with E-state index in [4.69, 9.17) is 10.6 Å². The molecule has 0 amide bonds. The summed E-state index contributed by atoms with van der Waals surface area (Å²) < 4.78 is 5.53. The van der Waals surface area contributed by atoms with Gasteiger partial charge >= 0.3 is 0 Å². The number of nitrogen functional groups attached to an aromatic ring is 1. The van der Waals surface area contributed by atoms with Gasteiger partial charge in [0.2, 0.25) is 17.8 Å². The lowest BCUT2D eigenvalue weighted by Crippen LogP contribution is -2.44. The SMILES string of the molecule is COC1CN(c2nc(NN)nc(N(C)C)n2)CCC1C. The van der Waals surface area contributed by atoms with Crippen LogP contribution in [0.3, 0.4) is 0 Å². The number of hydrogen-bond donors (Lipinski definition) is 2. The molecule has 0 aliphatic carbocycles. The van der Waals surface area contributed by atoms with Crippen molar-refractivity contribution in [2.45, 2.75) is 19.4 Å². The predicted molar refractivity (Wildman–Crippen MR) is 78.8 cm³/mol. The molecule has 2 unspecified atom stereocenters. The number of nitrogens with two attached hydrogens (primary N) is 1. The summed E-state index contributed by atoms with van der Waals surface area (Å²) >= 11 is 0. The molecule has 0 bridgehead atoms. The molecule has 0 aromatic carbocycles. The molecule has 2 heterocycles. The van der Waals surface area contributed by atoms with Gasteiger partial charge in [0.15, 0.2) is 0 Å². The summed E-state index contributed by atoms with van der Waals surface area (Å²) in [7, 11) is 5.52. The molecule has 112 valence electrons. The van der Waals surface area contributed by atoms with E-state index in [0.29, 0.717) is 23.8 Å². The van der Waals surface area contributed by atoms with E-state index in [1.807, 2.05) is 19.0 Å². The molecule has 8 heteroatoms. The average Bonchev–Trinajstić information content (AvgIpc) is 2.47. The van der Waals surface area contributed by atoms with Crippen LogP contribution in [-0.4, -0.2) is 55.4 Å². The van der Waals surface area contributed by atoms with E-state index in [9.17, 15) is 0 Å². The number of nitrogens with zero attached hydrogens (tertiary/aromatic N) is 5. The molecule has 1 aromatic rings. The van der Waals surface area contributed by atoms with E-state index in [1.165, 1.54) is 0 Å². The number of methoxy groups -OCH3 is 1. The molecule has 0 saturated carbocycles. The number of hydrazine groups is 1. The fourth-order valence-electron chi connectivity index (χ4n) is 2.28. The van der Waals surface area contributed by atoms with Crippen molar-refractivity contribution in [2.75, 3.05) is 49.5 Å². The summed E-state index contributed by atoms with van der Waals surface area (Å²) in [5.74, 6) is 7.54. The Hall–Kier alpha value is -1.67. The van der Waals surface area contributed by atoms with E-state index in [2.05, 4.69) is 32.2 Å². The third-order valence-electron chi connectivity index (χ3n) is 3.62. The van der Waals surface area contributed by atoms with Gasteiger partial charge in [0.25, 0.3) is 0 Å². The second kappa shape index (κ2) is 6.19. The van der Waals surface area contributed by atoms with Crippen molar-refractivity contribution in [1.29, 1.82) is 0 Å². The molecule has 0 spiro atoms. The number of rotatable bonds is 4. The summed E-state index contributed by atoms with van der Waals surface area (Å²) in [6.45, 7) is 3.89. The van der Waals surface area contributed by atoms with Gasteiger partial charge in [0.1, 0.15) is 0 Å². The molecule has 1 fully saturated rings. The van der Waals surface area contributed by atoms with Crippen LogP contribution in [0, 0.1) is 5.92 Å². The third kappa shape index (κ3) is 3.07. The minimum Gasteiger partial charge on any atom is -0.379 e. The second-order valence-corrected chi connectivity index (χ2v) is 5.28. The third-order valence-corrected chi connectivity index (χ3v) is 3.62. The van der Waals surface area contributed by atoms with Crippen LogP contribution >= 0.6 is 0 Å². The van der Waals surface area contributed by atoms with E-state index in [-0.39, 0.29) is 6.10 Å². The van der Waals surface area contributed by atoms with Crippen molar-refractivity contribution in [3.63, 3.8) is 0 Å². The molecular formula is C12H23N7O. The zero-order valence-corrected chi connectivity index (χ0v) is 12.5. The number of hydrogen-bond acceptors (Lipinski definition) is 8. The summed E-state index contributed by atoms with van der Waals surface area (Å²) in [5, 5.41) is 0. The van der Waals surface area contributed by atoms with Gasteiger partial charge in [-0.1, -0.05) is 6.92 Å². The smallest absolute Gasteiger partial charge is 0.243 e. The lowest BCUT2D eigenvalue weighted by molar-refractivity contribution is 0.0494. The van der Waals surface area contributed by atoms with Gasteiger partial charge in [-0.15, -0.1) is 0 Å². The van der Waals surface area contributed by atoms with E-state index >= 15 is 0 Å². The summed E-state index contributed by atoms with van der Waals surface area (Å²) in [6.07, 6.45) is 1.24. The number of ether oxygens (including phenoxy) is 1. The fraction of sp³-hybridized carbons (Fsp3) is 0.750. The van der Waals surface area contributed by atoms with Crippen LogP contribution in [0.1, 0.15) is 13.3 Å². The number of anilines is 3. The van der Waals surface area contributed by atoms with Crippen molar-refractivity contribution in [3.8, 4) is 0 Å². The van der Waals surface area contributed by atoms with Gasteiger partial charge in [-0.2, -0.15) is 15.0 Å². The first-order valence-electron chi connectivity index (χ1n) is 6.73. The molecule has 1 aromatic heterocycles. The monoisotopic (exact) mass is 281 g/mol. The normalized spacial score (nSPS) is 22.8. The lowest BCUT2D eigenvalue weighted by Gasteiger charge is -2.36. The van der Waals surface area contributed by atoms with Crippen molar-refractivity contribution in [3.05, 3.63) is 0 Å². The highest BCUT2D eigenvalue weighted by Crippen LogP contribution is 2.23. The molecule has 1 aliphatic rings. The van der Waals surface area contributed by atoms with Crippen LogP contribution in [-0.2, 0) is 4.74 Å². The summed E-state index contributed by atoms with van der Waals surface area (Å²) in [6, 6.07) is 0. The van der Waals surface area contributed by atoms with Gasteiger partial charge in [-0.05, 0) is 12.3 Å². The molecule has 1 saturated heterocycles. The molecule has 2 atom stereocenters. The highest BCUT2D eigenvalue weighted by molar-refractivity contribution is 5.44. The maximum absolute atomic E-state index is 5.53. The van der Waals surface area contributed by atoms with Crippen LogP contribution < -0.4 is 21.1 Å². The van der Waals surface area contributed by atoms with Gasteiger partial charge in [0.05, 0.1) is 6.10 Å². The molecule has 1 aliphatic heterocycles. The average molecular weight is 281 g/mol. The van der Waals surface area contributed by atoms with E-state index in [0.717, 1.165) is 19.5 Å². The van der Waals surface area contributed by atoms with Crippen LogP contribution in [0.4, 0.5) is 17.8 Å². The second-order valence-electron chi connectivity index (χ2n) is 5.28. The van der Waals surface area contributed by atoms with Crippen molar-refractivity contribution in [2.24, 2.45) is 11.8 Å². The zero-order valence-electron chi connectivity index (χ0n) is 12.5. The Labute approximate surface area is 119 Å². The summed E-state index contributed by atoms with van der Waals surface area (Å²) in [4.78, 5) is 17.0. The van der Waals surface area contributed by atoms with Gasteiger partial charge < -0.3 is 14.5 Å². The Balaban J connectivity index is 2.25. The quantitative estimate of drug-likeness (QED) is 0.592. The lowest BCUT2D eigenvalue weighted by atomic mass is 9.96. The predicted octanol–water partition coefficient (Wildman–Crippen LogP) is 0.0844. The van der Waals surface area contributed by atoms with Gasteiger partial charge in [0, 0.05) is 34.3 Å². The minimum absolute atomic E-state index is 0.192. The maximum atomic E-state index is 5.53. The Morgan fingerprint density at radius 2 is 2.10 bits per heavy atom. The Bertz CT molecular complexity index is 453. The maximum Gasteiger partial charge on any atom is 0.243 e. The van der Waals surface area contributed by atoms with E-state index in [1.54, 1.807) is 7.11 Å². The van der Waals surface area contributed by atoms with Crippen molar-refractivity contribution < 1.29 is 4.74 Å². The molecule has 8 nitrogen and oxygen atoms in total. The highest BCUT2D eigenvalue weighted by atomic mass is 16.5. The molecular weight excluding hydrogens is 258 g/mol. The van der Waals surface area contributed by atoms with Gasteiger partial charge in [-0.25, -0.2) is 5.84 Å². The van der Waals surface area contributed by atoms with Crippen molar-refractivity contribution >= 4 is 17.8 Å². The van der Waals surface area contributed by atoms with Crippen LogP contribution in [0.15, 0.2) is 0 Å². The molecule has 20 heavy (non-hydrogen) atoms. The van der Waals surface area contributed by atoms with Crippen molar-refractivity contribution in [1.82, 2.24) is 15.0 Å². The van der Waals surface area contributed by atoms with Crippen LogP contribution in [0.5, 0.6) is 0 Å². The first-order valence-corrected chi connectivity index (χ1v) is 6.73. The van der Waals surface area contributed by atoms with Crippen LogP contribution in [0.2, 0.25) is 0 Å². The first-order chi connectivity index (χ1) is 9.55. The fourth-order valence-corrected chi connectivity index (χ4v) is 2.28. The Morgan fingerprint density at radius 1 is 1.35 bits per heavy atom. The number of piperidine rings is 1. The molecule has 2 rings (SSSR count). The number of aromatic nitrogens is 3. The minimum atomic E-state index is 0.192. The Morgan fingerprint density at radius 3 is 2.70 bits per heavy atom. The largest absolute Gasteiger partial charge is 0.379 e. The standard InChI is InChI=1S/C12H23N7O/c1-8-5-6-19(7-9(8)20-4)12-15-10(17-13)14-11(16-12)18(2)3/h8-9H,5-7,13H2,1-4H3,(H,14,15,16,17). The van der Waals surface area contributed by atoms with Crippen LogP contribution in [0.25, 0.3) is 0 Å². The first kappa shape index (κ1) is 14.7.